The largest absolute Gasteiger partial charge is 0.477 e. The van der Waals surface area contributed by atoms with Crippen LogP contribution in [-0.2, 0) is 6.54 Å². The number of thiophene rings is 1. The number of imidazole rings is 1. The number of hydrogen-bond donors (Lipinski definition) is 2. The number of rotatable bonds is 6. The molecule has 0 atom stereocenters. The molecule has 27 heavy (non-hydrogen) atoms. The summed E-state index contributed by atoms with van der Waals surface area (Å²) in [4.78, 5) is 15.7. The van der Waals surface area contributed by atoms with E-state index >= 15 is 0 Å². The molecule has 0 spiro atoms. The lowest BCUT2D eigenvalue weighted by atomic mass is 10.0. The van der Waals surface area contributed by atoms with E-state index in [1.165, 1.54) is 11.3 Å². The van der Waals surface area contributed by atoms with Crippen molar-refractivity contribution in [2.45, 2.75) is 19.9 Å². The highest BCUT2D eigenvalue weighted by Gasteiger charge is 2.17. The molecule has 0 amide bonds. The van der Waals surface area contributed by atoms with E-state index in [-0.39, 0.29) is 6.61 Å². The Morgan fingerprint density at radius 1 is 1.26 bits per heavy atom. The van der Waals surface area contributed by atoms with E-state index in [9.17, 15) is 15.0 Å². The molecule has 3 aromatic heterocycles. The number of carbonyl (C=O) groups is 1. The van der Waals surface area contributed by atoms with Crippen LogP contribution < -0.4 is 0 Å². The minimum absolute atomic E-state index is 0.0909. The highest BCUT2D eigenvalue weighted by Crippen LogP contribution is 2.36. The number of carboxylic acids is 1. The van der Waals surface area contributed by atoms with Gasteiger partial charge in [0.15, 0.2) is 0 Å². The van der Waals surface area contributed by atoms with Crippen molar-refractivity contribution >= 4 is 27.5 Å². The van der Waals surface area contributed by atoms with Crippen LogP contribution in [0.15, 0.2) is 49.1 Å². The zero-order valence-corrected chi connectivity index (χ0v) is 15.6. The van der Waals surface area contributed by atoms with Gasteiger partial charge in [-0.15, -0.1) is 11.3 Å². The lowest BCUT2D eigenvalue weighted by Crippen LogP contribution is -2.03. The topological polar surface area (TPSA) is 80.3 Å². The van der Waals surface area contributed by atoms with Gasteiger partial charge >= 0.3 is 5.97 Å². The third-order valence-electron chi connectivity index (χ3n) is 4.63. The van der Waals surface area contributed by atoms with Crippen LogP contribution in [-0.4, -0.2) is 36.9 Å². The minimum Gasteiger partial charge on any atom is -0.477 e. The Bertz CT molecular complexity index is 1110. The SMILES string of the molecule is Cc1cc(-n2ccnc2)ccc1-c1cc2sc(C(=O)O)cc2n1CCCO. The smallest absolute Gasteiger partial charge is 0.345 e. The van der Waals surface area contributed by atoms with Crippen LogP contribution in [0, 0.1) is 6.92 Å². The number of aliphatic hydroxyl groups excluding tert-OH is 1. The van der Waals surface area contributed by atoms with Gasteiger partial charge in [-0.05, 0) is 43.2 Å². The van der Waals surface area contributed by atoms with E-state index in [1.807, 2.05) is 22.9 Å². The van der Waals surface area contributed by atoms with Crippen molar-refractivity contribution in [2.75, 3.05) is 6.61 Å². The third-order valence-corrected chi connectivity index (χ3v) is 5.69. The lowest BCUT2D eigenvalue weighted by Gasteiger charge is -2.13. The number of benzene rings is 1. The number of aliphatic hydroxyl groups is 1. The molecular weight excluding hydrogens is 362 g/mol. The molecule has 4 rings (SSSR count). The summed E-state index contributed by atoms with van der Waals surface area (Å²) in [7, 11) is 0. The van der Waals surface area contributed by atoms with Gasteiger partial charge in [-0.25, -0.2) is 9.78 Å². The highest BCUT2D eigenvalue weighted by molar-refractivity contribution is 7.20. The van der Waals surface area contributed by atoms with Gasteiger partial charge in [0.25, 0.3) is 0 Å². The van der Waals surface area contributed by atoms with Crippen LogP contribution in [0.4, 0.5) is 0 Å². The van der Waals surface area contributed by atoms with E-state index < -0.39 is 5.97 Å². The van der Waals surface area contributed by atoms with Crippen LogP contribution in [0.3, 0.4) is 0 Å². The van der Waals surface area contributed by atoms with E-state index in [4.69, 9.17) is 0 Å². The second kappa shape index (κ2) is 7.02. The van der Waals surface area contributed by atoms with Gasteiger partial charge in [-0.2, -0.15) is 0 Å². The molecule has 0 radical (unpaired) electrons. The first-order chi connectivity index (χ1) is 13.1. The van der Waals surface area contributed by atoms with Crippen LogP contribution >= 0.6 is 11.3 Å². The number of nitrogens with zero attached hydrogens (tertiary/aromatic N) is 3. The summed E-state index contributed by atoms with van der Waals surface area (Å²) in [5.74, 6) is -0.910. The maximum Gasteiger partial charge on any atom is 0.345 e. The Morgan fingerprint density at radius 3 is 2.78 bits per heavy atom. The summed E-state index contributed by atoms with van der Waals surface area (Å²) in [5, 5.41) is 18.6. The summed E-state index contributed by atoms with van der Waals surface area (Å²) in [6.07, 6.45) is 6.03. The lowest BCUT2D eigenvalue weighted by molar-refractivity contribution is 0.0702. The number of aromatic nitrogens is 3. The summed E-state index contributed by atoms with van der Waals surface area (Å²) < 4.78 is 5.01. The first-order valence-electron chi connectivity index (χ1n) is 8.65. The van der Waals surface area contributed by atoms with Gasteiger partial charge in [-0.3, -0.25) is 0 Å². The molecule has 0 aliphatic carbocycles. The fourth-order valence-electron chi connectivity index (χ4n) is 3.35. The molecule has 0 bridgehead atoms. The molecule has 7 heteroatoms. The van der Waals surface area contributed by atoms with E-state index in [0.29, 0.717) is 17.8 Å². The second-order valence-corrected chi connectivity index (χ2v) is 7.48. The van der Waals surface area contributed by atoms with Crippen molar-refractivity contribution in [1.82, 2.24) is 14.1 Å². The van der Waals surface area contributed by atoms with Crippen molar-refractivity contribution in [2.24, 2.45) is 0 Å². The van der Waals surface area contributed by atoms with Crippen molar-refractivity contribution in [3.63, 3.8) is 0 Å². The van der Waals surface area contributed by atoms with Crippen LogP contribution in [0.1, 0.15) is 21.7 Å². The van der Waals surface area contributed by atoms with Crippen molar-refractivity contribution < 1.29 is 15.0 Å². The summed E-state index contributed by atoms with van der Waals surface area (Å²) in [5.41, 5.74) is 5.19. The van der Waals surface area contributed by atoms with Gasteiger partial charge in [0.1, 0.15) is 4.88 Å². The number of aryl methyl sites for hydroxylation is 2. The quantitative estimate of drug-likeness (QED) is 0.530. The molecule has 0 aliphatic heterocycles. The maximum atomic E-state index is 11.3. The van der Waals surface area contributed by atoms with E-state index in [1.54, 1.807) is 18.6 Å². The maximum absolute atomic E-state index is 11.3. The van der Waals surface area contributed by atoms with Gasteiger partial charge < -0.3 is 19.3 Å². The first kappa shape index (κ1) is 17.5. The van der Waals surface area contributed by atoms with Crippen molar-refractivity contribution in [3.05, 3.63) is 59.5 Å². The minimum atomic E-state index is -0.910. The van der Waals surface area contributed by atoms with E-state index in [0.717, 1.165) is 32.7 Å². The second-order valence-electron chi connectivity index (χ2n) is 6.39. The third kappa shape index (κ3) is 3.15. The normalized spacial score (nSPS) is 11.3. The Kier molecular flexibility index (Phi) is 4.55. The number of carboxylic acid groups (broad SMARTS) is 1. The Morgan fingerprint density at radius 2 is 2.11 bits per heavy atom. The number of hydrogen-bond acceptors (Lipinski definition) is 4. The standard InChI is InChI=1S/C20H19N3O3S/c1-13-9-14(22-7-5-21-12-22)3-4-15(13)16-10-18-17(23(16)6-2-8-24)11-19(27-18)20(25)26/h3-5,7,9-12,24H,2,6,8H2,1H3,(H,25,26). The predicted molar refractivity (Wildman–Crippen MR) is 106 cm³/mol. The Balaban J connectivity index is 1.82. The van der Waals surface area contributed by atoms with Crippen LogP contribution in [0.25, 0.3) is 27.2 Å². The van der Waals surface area contributed by atoms with Gasteiger partial charge in [0, 0.05) is 36.8 Å². The average Bonchev–Trinajstić information content (AvgIpc) is 3.36. The van der Waals surface area contributed by atoms with Crippen LogP contribution in [0.2, 0.25) is 0 Å². The molecule has 0 aliphatic rings. The first-order valence-corrected chi connectivity index (χ1v) is 9.46. The fraction of sp³-hybridized carbons (Fsp3) is 0.200. The molecule has 2 N–H and O–H groups in total. The number of fused-ring (bicyclic) bond motifs is 1. The average molecular weight is 381 g/mol. The predicted octanol–water partition coefficient (Wildman–Crippen LogP) is 3.94. The Hall–Kier alpha value is -2.90. The van der Waals surface area contributed by atoms with Gasteiger partial charge in [0.2, 0.25) is 0 Å². The molecule has 6 nitrogen and oxygen atoms in total. The Labute approximate surface area is 160 Å². The fourth-order valence-corrected chi connectivity index (χ4v) is 4.29. The molecule has 4 aromatic rings. The molecular formula is C20H19N3O3S. The van der Waals surface area contributed by atoms with Crippen LogP contribution in [0.5, 0.6) is 0 Å². The molecule has 3 heterocycles. The zero-order valence-electron chi connectivity index (χ0n) is 14.8. The highest BCUT2D eigenvalue weighted by atomic mass is 32.1. The number of aromatic carboxylic acids is 1. The molecule has 0 unspecified atom stereocenters. The molecule has 138 valence electrons. The monoisotopic (exact) mass is 381 g/mol. The summed E-state index contributed by atoms with van der Waals surface area (Å²) in [6, 6.07) is 10.00. The summed E-state index contributed by atoms with van der Waals surface area (Å²) in [6.45, 7) is 2.79. The molecule has 0 saturated carbocycles. The van der Waals surface area contributed by atoms with Gasteiger partial charge in [-0.1, -0.05) is 6.07 Å². The van der Waals surface area contributed by atoms with Crippen molar-refractivity contribution in [1.29, 1.82) is 0 Å². The molecule has 0 fully saturated rings. The zero-order chi connectivity index (χ0) is 19.0. The molecule has 1 aromatic carbocycles. The van der Waals surface area contributed by atoms with Gasteiger partial charge in [0.05, 0.1) is 22.2 Å². The van der Waals surface area contributed by atoms with Crippen molar-refractivity contribution in [3.8, 4) is 16.9 Å². The van der Waals surface area contributed by atoms with E-state index in [2.05, 4.69) is 28.6 Å². The molecule has 0 saturated heterocycles. The summed E-state index contributed by atoms with van der Waals surface area (Å²) >= 11 is 1.28.